The third-order valence-corrected chi connectivity index (χ3v) is 3.13. The van der Waals surface area contributed by atoms with Gasteiger partial charge >= 0.3 is 0 Å². The molecule has 0 spiro atoms. The van der Waals surface area contributed by atoms with Crippen molar-refractivity contribution >= 4 is 5.91 Å². The summed E-state index contributed by atoms with van der Waals surface area (Å²) >= 11 is 0. The van der Waals surface area contributed by atoms with E-state index in [1.54, 1.807) is 0 Å². The Morgan fingerprint density at radius 2 is 1.95 bits per heavy atom. The van der Waals surface area contributed by atoms with Crippen LogP contribution in [0.3, 0.4) is 0 Å². The van der Waals surface area contributed by atoms with Gasteiger partial charge < -0.3 is 11.1 Å². The van der Waals surface area contributed by atoms with Gasteiger partial charge in [0.05, 0.1) is 0 Å². The lowest BCUT2D eigenvalue weighted by Crippen LogP contribution is -2.24. The summed E-state index contributed by atoms with van der Waals surface area (Å²) in [6, 6.07) is 8.04. The number of amides is 1. The van der Waals surface area contributed by atoms with Gasteiger partial charge in [0.25, 0.3) is 5.91 Å². The molecule has 0 aliphatic carbocycles. The first kappa shape index (κ1) is 15.2. The van der Waals surface area contributed by atoms with Crippen molar-refractivity contribution in [3.05, 3.63) is 47.0 Å². The second-order valence-corrected chi connectivity index (χ2v) is 4.89. The molecule has 0 radical (unpaired) electrons. The highest BCUT2D eigenvalue weighted by Crippen LogP contribution is 2.05. The van der Waals surface area contributed by atoms with E-state index in [4.69, 9.17) is 5.73 Å². The monoisotopic (exact) mass is 287 g/mol. The molecule has 0 unspecified atom stereocenters. The predicted octanol–water partition coefficient (Wildman–Crippen LogP) is 1.19. The van der Waals surface area contributed by atoms with Crippen molar-refractivity contribution in [3.8, 4) is 0 Å². The molecule has 2 aromatic rings. The minimum Gasteiger partial charge on any atom is -0.345 e. The highest BCUT2D eigenvalue weighted by molar-refractivity contribution is 5.90. The summed E-state index contributed by atoms with van der Waals surface area (Å²) in [7, 11) is 0. The number of rotatable bonds is 7. The molecular weight excluding hydrogens is 266 g/mol. The summed E-state index contributed by atoms with van der Waals surface area (Å²) in [5.41, 5.74) is 7.75. The van der Waals surface area contributed by atoms with Crippen molar-refractivity contribution in [2.24, 2.45) is 5.73 Å². The molecule has 0 fully saturated rings. The van der Waals surface area contributed by atoms with E-state index in [0.29, 0.717) is 13.1 Å². The Hall–Kier alpha value is -2.21. The molecule has 1 amide bonds. The minimum atomic E-state index is -0.264. The van der Waals surface area contributed by atoms with Gasteiger partial charge in [0.2, 0.25) is 5.82 Å². The molecule has 0 saturated carbocycles. The Labute approximate surface area is 124 Å². The second kappa shape index (κ2) is 7.54. The minimum absolute atomic E-state index is 0.193. The van der Waals surface area contributed by atoms with Crippen LogP contribution in [0.15, 0.2) is 24.3 Å². The Balaban J connectivity index is 1.87. The Morgan fingerprint density at radius 3 is 2.62 bits per heavy atom. The number of aryl methyl sites for hydroxylation is 1. The average Bonchev–Trinajstić information content (AvgIpc) is 2.96. The van der Waals surface area contributed by atoms with Crippen molar-refractivity contribution in [1.82, 2.24) is 20.5 Å². The number of carbonyl (C=O) groups excluding carboxylic acids is 1. The van der Waals surface area contributed by atoms with E-state index in [2.05, 4.69) is 27.4 Å². The van der Waals surface area contributed by atoms with Crippen LogP contribution in [0.25, 0.3) is 0 Å². The maximum atomic E-state index is 11.9. The number of nitrogens with one attached hydrogen (secondary N) is 2. The first-order valence-corrected chi connectivity index (χ1v) is 7.20. The smallest absolute Gasteiger partial charge is 0.291 e. The van der Waals surface area contributed by atoms with Gasteiger partial charge in [-0.15, -0.1) is 5.10 Å². The van der Waals surface area contributed by atoms with Crippen LogP contribution in [0.1, 0.15) is 40.9 Å². The molecule has 6 heteroatoms. The van der Waals surface area contributed by atoms with Crippen LogP contribution in [0.2, 0.25) is 0 Å². The number of hydrogen-bond acceptors (Lipinski definition) is 4. The maximum absolute atomic E-state index is 11.9. The van der Waals surface area contributed by atoms with Crippen LogP contribution in [0.4, 0.5) is 0 Å². The third kappa shape index (κ3) is 4.39. The number of aromatic nitrogens is 3. The van der Waals surface area contributed by atoms with Crippen molar-refractivity contribution in [2.45, 2.75) is 32.7 Å². The van der Waals surface area contributed by atoms with Gasteiger partial charge in [-0.05, 0) is 30.5 Å². The topological polar surface area (TPSA) is 96.7 Å². The molecule has 2 rings (SSSR count). The third-order valence-electron chi connectivity index (χ3n) is 3.13. The van der Waals surface area contributed by atoms with Crippen molar-refractivity contribution in [2.75, 3.05) is 6.54 Å². The lowest BCUT2D eigenvalue weighted by atomic mass is 10.1. The quantitative estimate of drug-likeness (QED) is 0.712. The fourth-order valence-corrected chi connectivity index (χ4v) is 2.00. The van der Waals surface area contributed by atoms with Crippen LogP contribution < -0.4 is 11.1 Å². The van der Waals surface area contributed by atoms with E-state index >= 15 is 0 Å². The molecule has 1 aromatic carbocycles. The highest BCUT2D eigenvalue weighted by atomic mass is 16.2. The standard InChI is InChI=1S/C15H21N5O/c1-2-3-13-18-14(20-19-13)15(21)17-10-12-6-4-11(5-7-12)8-9-16/h4-7H,2-3,8-10,16H2,1H3,(H,17,21)(H,18,19,20). The van der Waals surface area contributed by atoms with Gasteiger partial charge in [0.15, 0.2) is 0 Å². The molecular formula is C15H21N5O. The largest absolute Gasteiger partial charge is 0.345 e. The molecule has 0 atom stereocenters. The van der Waals surface area contributed by atoms with Crippen LogP contribution in [0, 0.1) is 0 Å². The second-order valence-electron chi connectivity index (χ2n) is 4.89. The molecule has 1 heterocycles. The molecule has 112 valence electrons. The molecule has 1 aromatic heterocycles. The van der Waals surface area contributed by atoms with E-state index < -0.39 is 0 Å². The normalized spacial score (nSPS) is 10.6. The Kier molecular flexibility index (Phi) is 5.45. The lowest BCUT2D eigenvalue weighted by Gasteiger charge is -2.04. The van der Waals surface area contributed by atoms with Gasteiger partial charge in [-0.1, -0.05) is 31.2 Å². The van der Waals surface area contributed by atoms with Gasteiger partial charge in [-0.3, -0.25) is 9.89 Å². The number of aromatic amines is 1. The first-order chi connectivity index (χ1) is 10.2. The first-order valence-electron chi connectivity index (χ1n) is 7.20. The van der Waals surface area contributed by atoms with Crippen LogP contribution >= 0.6 is 0 Å². The van der Waals surface area contributed by atoms with Gasteiger partial charge in [0, 0.05) is 13.0 Å². The molecule has 0 bridgehead atoms. The van der Waals surface area contributed by atoms with Crippen LogP contribution in [0.5, 0.6) is 0 Å². The van der Waals surface area contributed by atoms with E-state index in [9.17, 15) is 4.79 Å². The zero-order chi connectivity index (χ0) is 15.1. The number of nitrogens with two attached hydrogens (primary N) is 1. The molecule has 0 aliphatic heterocycles. The number of nitrogens with zero attached hydrogens (tertiary/aromatic N) is 2. The molecule has 21 heavy (non-hydrogen) atoms. The highest BCUT2D eigenvalue weighted by Gasteiger charge is 2.11. The van der Waals surface area contributed by atoms with Crippen LogP contribution in [-0.2, 0) is 19.4 Å². The summed E-state index contributed by atoms with van der Waals surface area (Å²) in [5, 5.41) is 9.51. The van der Waals surface area contributed by atoms with E-state index in [-0.39, 0.29) is 11.7 Å². The fourth-order valence-electron chi connectivity index (χ4n) is 2.00. The molecule has 0 aliphatic rings. The van der Waals surface area contributed by atoms with Crippen molar-refractivity contribution < 1.29 is 4.79 Å². The number of benzene rings is 1. The predicted molar refractivity (Wildman–Crippen MR) is 80.7 cm³/mol. The fraction of sp³-hybridized carbons (Fsp3) is 0.400. The van der Waals surface area contributed by atoms with Gasteiger partial charge in [-0.2, -0.15) is 0 Å². The van der Waals surface area contributed by atoms with E-state index in [1.165, 1.54) is 5.56 Å². The van der Waals surface area contributed by atoms with E-state index in [0.717, 1.165) is 30.7 Å². The Morgan fingerprint density at radius 1 is 1.24 bits per heavy atom. The van der Waals surface area contributed by atoms with Crippen molar-refractivity contribution in [3.63, 3.8) is 0 Å². The summed E-state index contributed by atoms with van der Waals surface area (Å²) in [6.07, 6.45) is 2.62. The maximum Gasteiger partial charge on any atom is 0.291 e. The van der Waals surface area contributed by atoms with E-state index in [1.807, 2.05) is 24.3 Å². The summed E-state index contributed by atoms with van der Waals surface area (Å²) in [4.78, 5) is 16.1. The molecule has 6 nitrogen and oxygen atoms in total. The van der Waals surface area contributed by atoms with Gasteiger partial charge in [0.1, 0.15) is 5.82 Å². The number of H-pyrrole nitrogens is 1. The Bertz CT molecular complexity index is 576. The molecule has 0 saturated heterocycles. The van der Waals surface area contributed by atoms with Crippen molar-refractivity contribution in [1.29, 1.82) is 0 Å². The number of hydrogen-bond donors (Lipinski definition) is 3. The average molecular weight is 287 g/mol. The summed E-state index contributed by atoms with van der Waals surface area (Å²) in [6.45, 7) is 3.15. The number of carbonyl (C=O) groups is 1. The van der Waals surface area contributed by atoms with Crippen LogP contribution in [-0.4, -0.2) is 27.6 Å². The SMILES string of the molecule is CCCc1nc(C(=O)NCc2ccc(CCN)cc2)n[nH]1. The summed E-state index contributed by atoms with van der Waals surface area (Å²) in [5.74, 6) is 0.673. The molecule has 4 N–H and O–H groups in total. The lowest BCUT2D eigenvalue weighted by molar-refractivity contribution is 0.0941. The zero-order valence-corrected chi connectivity index (χ0v) is 12.2. The summed E-state index contributed by atoms with van der Waals surface area (Å²) < 4.78 is 0. The van der Waals surface area contributed by atoms with Gasteiger partial charge in [-0.25, -0.2) is 4.98 Å². The zero-order valence-electron chi connectivity index (χ0n) is 12.2.